The number of amides is 4. The van der Waals surface area contributed by atoms with Gasteiger partial charge in [0.05, 0.1) is 30.0 Å². The van der Waals surface area contributed by atoms with Crippen molar-refractivity contribution in [1.82, 2.24) is 5.32 Å². The van der Waals surface area contributed by atoms with Gasteiger partial charge in [-0.15, -0.1) is 0 Å². The summed E-state index contributed by atoms with van der Waals surface area (Å²) in [6, 6.07) is 6.93. The van der Waals surface area contributed by atoms with Crippen molar-refractivity contribution in [2.45, 2.75) is 6.92 Å². The lowest BCUT2D eigenvalue weighted by Crippen LogP contribution is -2.54. The van der Waals surface area contributed by atoms with Crippen molar-refractivity contribution in [2.75, 3.05) is 19.1 Å². The molecule has 150 valence electrons. The summed E-state index contributed by atoms with van der Waals surface area (Å²) in [6.45, 7) is 1.78. The maximum atomic E-state index is 13.0. The zero-order valence-electron chi connectivity index (χ0n) is 15.7. The fourth-order valence-corrected chi connectivity index (χ4v) is 3.38. The van der Waals surface area contributed by atoms with Crippen LogP contribution in [-0.4, -0.2) is 32.1 Å². The third-order valence-electron chi connectivity index (χ3n) is 4.38. The number of halogens is 2. The molecule has 0 saturated carbocycles. The molecule has 0 aromatic heterocycles. The van der Waals surface area contributed by atoms with Crippen LogP contribution in [-0.2, 0) is 9.59 Å². The maximum absolute atomic E-state index is 13.0. The van der Waals surface area contributed by atoms with E-state index in [-0.39, 0.29) is 21.3 Å². The molecule has 1 aliphatic heterocycles. The van der Waals surface area contributed by atoms with E-state index in [0.717, 1.165) is 4.90 Å². The van der Waals surface area contributed by atoms with Gasteiger partial charge in [0, 0.05) is 11.1 Å². The Bertz CT molecular complexity index is 1070. The summed E-state index contributed by atoms with van der Waals surface area (Å²) in [5.74, 6) is -0.643. The Balaban J connectivity index is 2.12. The van der Waals surface area contributed by atoms with E-state index in [1.807, 2.05) is 0 Å². The van der Waals surface area contributed by atoms with Crippen LogP contribution >= 0.6 is 23.2 Å². The normalized spacial score (nSPS) is 15.6. The van der Waals surface area contributed by atoms with Crippen molar-refractivity contribution < 1.29 is 23.9 Å². The lowest BCUT2D eigenvalue weighted by molar-refractivity contribution is -0.122. The van der Waals surface area contributed by atoms with E-state index in [1.165, 1.54) is 32.4 Å². The van der Waals surface area contributed by atoms with Gasteiger partial charge in [-0.05, 0) is 37.3 Å². The Hall–Kier alpha value is -3.03. The predicted octanol–water partition coefficient (Wildman–Crippen LogP) is 3.99. The van der Waals surface area contributed by atoms with E-state index in [9.17, 15) is 14.4 Å². The fraction of sp³-hybridized carbons (Fsp3) is 0.150. The summed E-state index contributed by atoms with van der Waals surface area (Å²) in [5, 5.41) is 2.33. The summed E-state index contributed by atoms with van der Waals surface area (Å²) in [5.41, 5.74) is 0.969. The van der Waals surface area contributed by atoms with E-state index >= 15 is 0 Å². The summed E-state index contributed by atoms with van der Waals surface area (Å²) in [6.07, 6.45) is 1.35. The third kappa shape index (κ3) is 3.66. The van der Waals surface area contributed by atoms with Crippen LogP contribution < -0.4 is 19.7 Å². The molecule has 1 aliphatic rings. The fourth-order valence-electron chi connectivity index (χ4n) is 3.00. The number of imide groups is 2. The van der Waals surface area contributed by atoms with Crippen molar-refractivity contribution >= 4 is 52.8 Å². The van der Waals surface area contributed by atoms with Crippen LogP contribution in [0.25, 0.3) is 6.08 Å². The number of ether oxygens (including phenoxy) is 2. The second-order valence-corrected chi connectivity index (χ2v) is 6.83. The Morgan fingerprint density at radius 1 is 1.03 bits per heavy atom. The maximum Gasteiger partial charge on any atom is 0.336 e. The van der Waals surface area contributed by atoms with Crippen LogP contribution in [0.1, 0.15) is 11.1 Å². The molecular weight excluding hydrogens is 419 g/mol. The van der Waals surface area contributed by atoms with Gasteiger partial charge >= 0.3 is 6.03 Å². The highest BCUT2D eigenvalue weighted by molar-refractivity contribution is 6.46. The Morgan fingerprint density at radius 3 is 2.41 bits per heavy atom. The first kappa shape index (κ1) is 20.7. The van der Waals surface area contributed by atoms with E-state index in [2.05, 4.69) is 5.32 Å². The summed E-state index contributed by atoms with van der Waals surface area (Å²) < 4.78 is 10.7. The van der Waals surface area contributed by atoms with Crippen molar-refractivity contribution in [3.63, 3.8) is 0 Å². The first-order valence-corrected chi connectivity index (χ1v) is 9.12. The molecule has 0 unspecified atom stereocenters. The second-order valence-electron chi connectivity index (χ2n) is 6.05. The number of urea groups is 1. The quantitative estimate of drug-likeness (QED) is 0.580. The molecule has 2 aromatic carbocycles. The van der Waals surface area contributed by atoms with Gasteiger partial charge in [-0.25, -0.2) is 9.69 Å². The van der Waals surface area contributed by atoms with Crippen molar-refractivity contribution in [3.8, 4) is 11.5 Å². The molecule has 0 radical (unpaired) electrons. The van der Waals surface area contributed by atoms with E-state index in [1.54, 1.807) is 25.1 Å². The van der Waals surface area contributed by atoms with Gasteiger partial charge in [0.2, 0.25) is 0 Å². The summed E-state index contributed by atoms with van der Waals surface area (Å²) in [4.78, 5) is 38.5. The van der Waals surface area contributed by atoms with Crippen LogP contribution in [0, 0.1) is 6.92 Å². The van der Waals surface area contributed by atoms with Crippen LogP contribution in [0.4, 0.5) is 10.5 Å². The number of hydrogen-bond acceptors (Lipinski definition) is 5. The highest BCUT2D eigenvalue weighted by atomic mass is 35.5. The lowest BCUT2D eigenvalue weighted by Gasteiger charge is -2.27. The van der Waals surface area contributed by atoms with Gasteiger partial charge in [-0.2, -0.15) is 0 Å². The van der Waals surface area contributed by atoms with Crippen LogP contribution in [0.3, 0.4) is 0 Å². The number of carbonyl (C=O) groups is 3. The summed E-state index contributed by atoms with van der Waals surface area (Å²) >= 11 is 12.2. The number of nitrogens with zero attached hydrogens (tertiary/aromatic N) is 1. The molecule has 7 nitrogen and oxygen atoms in total. The van der Waals surface area contributed by atoms with E-state index in [0.29, 0.717) is 22.6 Å². The Morgan fingerprint density at radius 2 is 1.76 bits per heavy atom. The molecular formula is C20H16Cl2N2O5. The molecule has 1 N–H and O–H groups in total. The summed E-state index contributed by atoms with van der Waals surface area (Å²) in [7, 11) is 2.99. The van der Waals surface area contributed by atoms with Gasteiger partial charge in [0.15, 0.2) is 0 Å². The van der Waals surface area contributed by atoms with Gasteiger partial charge in [-0.1, -0.05) is 29.3 Å². The molecule has 29 heavy (non-hydrogen) atoms. The third-order valence-corrected chi connectivity index (χ3v) is 5.19. The molecule has 0 aliphatic carbocycles. The van der Waals surface area contributed by atoms with Gasteiger partial charge < -0.3 is 9.47 Å². The minimum atomic E-state index is -0.917. The van der Waals surface area contributed by atoms with E-state index in [4.69, 9.17) is 32.7 Å². The second kappa shape index (κ2) is 8.14. The largest absolute Gasteiger partial charge is 0.496 e. The average molecular weight is 435 g/mol. The highest BCUT2D eigenvalue weighted by Crippen LogP contribution is 2.36. The number of rotatable bonds is 4. The van der Waals surface area contributed by atoms with Gasteiger partial charge in [0.1, 0.15) is 17.1 Å². The number of anilines is 1. The SMILES string of the molecule is COc1ccc(C=C2C(=O)NC(=O)N(c3cccc(Cl)c3Cl)C2=O)c(OC)c1C. The zero-order chi connectivity index (χ0) is 21.3. The molecule has 1 heterocycles. The smallest absolute Gasteiger partial charge is 0.336 e. The Labute approximate surface area is 176 Å². The molecule has 3 rings (SSSR count). The van der Waals surface area contributed by atoms with E-state index < -0.39 is 17.8 Å². The number of hydrogen-bond donors (Lipinski definition) is 1. The van der Waals surface area contributed by atoms with Crippen LogP contribution in [0.5, 0.6) is 11.5 Å². The number of benzene rings is 2. The minimum Gasteiger partial charge on any atom is -0.496 e. The van der Waals surface area contributed by atoms with Crippen molar-refractivity contribution in [1.29, 1.82) is 0 Å². The molecule has 9 heteroatoms. The Kier molecular flexibility index (Phi) is 5.81. The number of barbiturate groups is 1. The topological polar surface area (TPSA) is 84.9 Å². The lowest BCUT2D eigenvalue weighted by atomic mass is 10.0. The van der Waals surface area contributed by atoms with Crippen LogP contribution in [0.2, 0.25) is 10.0 Å². The van der Waals surface area contributed by atoms with Crippen molar-refractivity contribution in [3.05, 3.63) is 57.1 Å². The number of methoxy groups -OCH3 is 2. The van der Waals surface area contributed by atoms with Gasteiger partial charge in [0.25, 0.3) is 11.8 Å². The zero-order valence-corrected chi connectivity index (χ0v) is 17.2. The number of carbonyl (C=O) groups excluding carboxylic acids is 3. The molecule has 4 amide bonds. The predicted molar refractivity (Wildman–Crippen MR) is 110 cm³/mol. The average Bonchev–Trinajstić information content (AvgIpc) is 2.68. The molecule has 1 fully saturated rings. The highest BCUT2D eigenvalue weighted by Gasteiger charge is 2.38. The van der Waals surface area contributed by atoms with Crippen LogP contribution in [0.15, 0.2) is 35.9 Å². The molecule has 1 saturated heterocycles. The molecule has 2 aromatic rings. The standard InChI is InChI=1S/C20H16Cl2N2O5/c1-10-15(28-2)8-7-11(17(10)29-3)9-12-18(25)23-20(27)24(19(12)26)14-6-4-5-13(21)16(14)22/h4-9H,1-3H3,(H,23,25,27). The van der Waals surface area contributed by atoms with Crippen molar-refractivity contribution in [2.24, 2.45) is 0 Å². The molecule has 0 bridgehead atoms. The monoisotopic (exact) mass is 434 g/mol. The number of nitrogens with one attached hydrogen (secondary N) is 1. The van der Waals surface area contributed by atoms with Gasteiger partial charge in [-0.3, -0.25) is 14.9 Å². The molecule has 0 atom stereocenters. The first-order chi connectivity index (χ1) is 13.8. The molecule has 0 spiro atoms. The first-order valence-electron chi connectivity index (χ1n) is 8.37. The minimum absolute atomic E-state index is 0.0178.